The van der Waals surface area contributed by atoms with Gasteiger partial charge in [-0.05, 0) is 33.4 Å². The lowest BCUT2D eigenvalue weighted by atomic mass is 9.97. The van der Waals surface area contributed by atoms with E-state index in [1.54, 1.807) is 84.9 Å². The van der Waals surface area contributed by atoms with Crippen LogP contribution in [0.25, 0.3) is 0 Å². The van der Waals surface area contributed by atoms with Gasteiger partial charge in [0.2, 0.25) is 0 Å². The molecule has 2 aliphatic heterocycles. The number of aliphatic hydroxyl groups excluding tert-OH is 1. The Bertz CT molecular complexity index is 2590. The molecule has 2 saturated heterocycles. The van der Waals surface area contributed by atoms with E-state index in [-0.39, 0.29) is 39.6 Å². The Labute approximate surface area is 417 Å². The van der Waals surface area contributed by atoms with Crippen molar-refractivity contribution in [2.75, 3.05) is 13.2 Å². The Morgan fingerprint density at radius 3 is 1.14 bits per heavy atom. The average molecular weight is 1020 g/mol. The van der Waals surface area contributed by atoms with Gasteiger partial charge in [-0.25, -0.2) is 0 Å². The van der Waals surface area contributed by atoms with Crippen molar-refractivity contribution in [3.63, 3.8) is 0 Å². The lowest BCUT2D eigenvalue weighted by Crippen LogP contribution is -2.64. The van der Waals surface area contributed by atoms with Gasteiger partial charge in [0.1, 0.15) is 48.8 Å². The van der Waals surface area contributed by atoms with Crippen LogP contribution in [0.1, 0.15) is 33.4 Å². The van der Waals surface area contributed by atoms with Crippen LogP contribution in [0, 0.1) is 0 Å². The highest BCUT2D eigenvalue weighted by Gasteiger charge is 2.56. The van der Waals surface area contributed by atoms with Crippen LogP contribution in [0.2, 0.25) is 0 Å². The highest BCUT2D eigenvalue weighted by molar-refractivity contribution is 7.87. The van der Waals surface area contributed by atoms with Crippen LogP contribution in [0.5, 0.6) is 0 Å². The van der Waals surface area contributed by atoms with Crippen LogP contribution in [0.3, 0.4) is 0 Å². The summed E-state index contributed by atoms with van der Waals surface area (Å²) in [5.41, 5.74) is -1.29. The summed E-state index contributed by atoms with van der Waals surface area (Å²) in [6, 6.07) is 55.0. The minimum atomic E-state index is -6.27. The van der Waals surface area contributed by atoms with E-state index in [4.69, 9.17) is 46.8 Å². The molecule has 8 rings (SSSR count). The highest BCUT2D eigenvalue weighted by Crippen LogP contribution is 2.37. The van der Waals surface area contributed by atoms with Crippen LogP contribution in [0.4, 0.5) is 13.2 Å². The van der Waals surface area contributed by atoms with E-state index in [0.717, 1.165) is 22.3 Å². The van der Waals surface area contributed by atoms with Gasteiger partial charge in [-0.1, -0.05) is 182 Å². The molecule has 0 saturated carbocycles. The fourth-order valence-electron chi connectivity index (χ4n) is 8.32. The van der Waals surface area contributed by atoms with E-state index in [0.29, 0.717) is 11.1 Å². The Hall–Kier alpha value is -5.38. The van der Waals surface area contributed by atoms with Gasteiger partial charge in [-0.2, -0.15) is 21.6 Å². The molecule has 0 aliphatic carbocycles. The SMILES string of the molecule is O=S(=O)(O[C@@H]1[C@H](OCc2ccccc2)[C@@H](OCc2ccccc2)[C@@H](OC[C@H]2O[C@H](O)[C@H](OCc3ccccc3)[C@@H](OCc3ccccc3)[C@@H]2OCc2ccccc2)O[C@@H]1COCc1ccccc1)C(F)(F)F. The Morgan fingerprint density at radius 1 is 0.403 bits per heavy atom. The van der Waals surface area contributed by atoms with Crippen LogP contribution >= 0.6 is 0 Å². The summed E-state index contributed by atoms with van der Waals surface area (Å²) in [6.07, 6.45) is -13.9. The lowest BCUT2D eigenvalue weighted by molar-refractivity contribution is -0.344. The summed E-state index contributed by atoms with van der Waals surface area (Å²) in [6.45, 7) is -0.915. The number of hydrogen-bond donors (Lipinski definition) is 1. The average Bonchev–Trinajstić information content (AvgIpc) is 3.40. The third kappa shape index (κ3) is 14.9. The van der Waals surface area contributed by atoms with E-state index < -0.39 is 90.3 Å². The molecule has 0 spiro atoms. The summed E-state index contributed by atoms with van der Waals surface area (Å²) in [4.78, 5) is 0. The summed E-state index contributed by atoms with van der Waals surface area (Å²) in [5.74, 6) is 0. The maximum absolute atomic E-state index is 14.3. The first-order valence-electron chi connectivity index (χ1n) is 23.5. The molecular formula is C55H57F3O13S. The van der Waals surface area contributed by atoms with E-state index in [1.165, 1.54) is 0 Å². The normalized spacial score (nSPS) is 24.7. The minimum absolute atomic E-state index is 0.0133. The molecule has 10 atom stereocenters. The van der Waals surface area contributed by atoms with Crippen molar-refractivity contribution in [3.8, 4) is 0 Å². The zero-order valence-corrected chi connectivity index (χ0v) is 40.0. The first-order valence-corrected chi connectivity index (χ1v) is 24.9. The van der Waals surface area contributed by atoms with Gasteiger partial charge in [0.05, 0.1) is 52.9 Å². The van der Waals surface area contributed by atoms with Crippen LogP contribution < -0.4 is 0 Å². The largest absolute Gasteiger partial charge is 0.523 e. The summed E-state index contributed by atoms with van der Waals surface area (Å²) in [5, 5.41) is 11.9. The fourth-order valence-corrected chi connectivity index (χ4v) is 8.95. The quantitative estimate of drug-likeness (QED) is 0.0456. The fraction of sp³-hybridized carbons (Fsp3) is 0.345. The number of halogens is 3. The van der Waals surface area contributed by atoms with Crippen LogP contribution in [-0.2, 0) is 96.6 Å². The molecule has 2 heterocycles. The van der Waals surface area contributed by atoms with Crippen molar-refractivity contribution >= 4 is 10.1 Å². The lowest BCUT2D eigenvalue weighted by Gasteiger charge is -2.47. The van der Waals surface area contributed by atoms with Crippen molar-refractivity contribution < 1.29 is 73.5 Å². The number of benzene rings is 6. The van der Waals surface area contributed by atoms with Gasteiger partial charge >= 0.3 is 15.6 Å². The number of hydrogen-bond acceptors (Lipinski definition) is 13. The molecule has 0 aromatic heterocycles. The molecule has 17 heteroatoms. The topological polar surface area (TPSA) is 147 Å². The van der Waals surface area contributed by atoms with E-state index >= 15 is 0 Å². The van der Waals surface area contributed by atoms with Gasteiger partial charge in [0, 0.05) is 0 Å². The Balaban J connectivity index is 1.14. The van der Waals surface area contributed by atoms with Gasteiger partial charge in [-0.3, -0.25) is 4.18 Å². The van der Waals surface area contributed by atoms with E-state index in [9.17, 15) is 26.7 Å². The molecule has 6 aromatic carbocycles. The van der Waals surface area contributed by atoms with Gasteiger partial charge < -0.3 is 47.7 Å². The smallest absolute Gasteiger partial charge is 0.374 e. The number of ether oxygens (including phenoxy) is 9. The van der Waals surface area contributed by atoms with Crippen LogP contribution in [-0.4, -0.2) is 93.7 Å². The molecule has 382 valence electrons. The monoisotopic (exact) mass is 1010 g/mol. The Morgan fingerprint density at radius 2 is 0.736 bits per heavy atom. The molecule has 0 amide bonds. The zero-order valence-electron chi connectivity index (χ0n) is 39.1. The second-order valence-electron chi connectivity index (χ2n) is 17.2. The van der Waals surface area contributed by atoms with Gasteiger partial charge in [-0.15, -0.1) is 0 Å². The van der Waals surface area contributed by atoms with Crippen LogP contribution in [0.15, 0.2) is 182 Å². The third-order valence-corrected chi connectivity index (χ3v) is 13.0. The van der Waals surface area contributed by atoms with Crippen molar-refractivity contribution in [2.24, 2.45) is 0 Å². The van der Waals surface area contributed by atoms with E-state index in [1.807, 2.05) is 97.1 Å². The number of rotatable bonds is 24. The maximum atomic E-state index is 14.3. The summed E-state index contributed by atoms with van der Waals surface area (Å²) in [7, 11) is -6.27. The van der Waals surface area contributed by atoms with E-state index in [2.05, 4.69) is 0 Å². The highest BCUT2D eigenvalue weighted by atomic mass is 32.2. The van der Waals surface area contributed by atoms with Crippen molar-refractivity contribution in [2.45, 2.75) is 107 Å². The number of alkyl halides is 3. The third-order valence-electron chi connectivity index (χ3n) is 12.0. The van der Waals surface area contributed by atoms with Crippen molar-refractivity contribution in [1.29, 1.82) is 0 Å². The molecular weight excluding hydrogens is 958 g/mol. The first kappa shape index (κ1) is 52.9. The Kier molecular flexibility index (Phi) is 19.1. The predicted molar refractivity (Wildman–Crippen MR) is 257 cm³/mol. The molecule has 0 unspecified atom stereocenters. The molecule has 0 bridgehead atoms. The molecule has 72 heavy (non-hydrogen) atoms. The minimum Gasteiger partial charge on any atom is -0.374 e. The maximum Gasteiger partial charge on any atom is 0.523 e. The first-order chi connectivity index (χ1) is 35.0. The standard InChI is InChI=1S/C55H57F3O13S/c56-55(57,58)72(60,61)71-48-45(37-62-31-39-19-7-1-8-20-39)70-54(52(67-36-44-29-17-6-18-30-44)50(48)65-34-42-25-13-4-14-26-42)68-38-46-47(63-32-40-21-9-2-10-22-40)49(64-33-41-23-11-3-12-24-41)51(53(59)69-46)66-35-43-27-15-5-16-28-43/h1-30,45-54,59H,31-38H2/t45-,46-,47-,48+,49+,50+,51-,52-,53+,54+/m1/s1. The summed E-state index contributed by atoms with van der Waals surface area (Å²) < 4.78 is 132. The summed E-state index contributed by atoms with van der Waals surface area (Å²) >= 11 is 0. The number of aliphatic hydroxyl groups is 1. The molecule has 0 radical (unpaired) electrons. The second kappa shape index (κ2) is 26.0. The van der Waals surface area contributed by atoms with Gasteiger partial charge in [0.15, 0.2) is 12.6 Å². The molecule has 1 N–H and O–H groups in total. The zero-order chi connectivity index (χ0) is 50.2. The molecule has 13 nitrogen and oxygen atoms in total. The van der Waals surface area contributed by atoms with Crippen molar-refractivity contribution in [3.05, 3.63) is 215 Å². The van der Waals surface area contributed by atoms with Crippen molar-refractivity contribution in [1.82, 2.24) is 0 Å². The predicted octanol–water partition coefficient (Wildman–Crippen LogP) is 8.82. The second-order valence-corrected chi connectivity index (χ2v) is 18.8. The molecule has 6 aromatic rings. The molecule has 2 aliphatic rings. The molecule has 2 fully saturated rings. The van der Waals surface area contributed by atoms with Gasteiger partial charge in [0.25, 0.3) is 0 Å².